The molecule has 1 atom stereocenters. The summed E-state index contributed by atoms with van der Waals surface area (Å²) in [6.07, 6.45) is 92.1. The van der Waals surface area contributed by atoms with Gasteiger partial charge in [0.1, 0.15) is 13.2 Å². The van der Waals surface area contributed by atoms with Crippen LogP contribution in [-0.4, -0.2) is 37.2 Å². The molecular formula is C76H136O6. The second-order valence-electron chi connectivity index (χ2n) is 24.1. The molecule has 0 radical (unpaired) electrons. The molecule has 0 aromatic rings. The van der Waals surface area contributed by atoms with Crippen LogP contribution in [-0.2, 0) is 28.6 Å². The lowest BCUT2D eigenvalue weighted by atomic mass is 10.0. The average molecular weight is 1150 g/mol. The summed E-state index contributed by atoms with van der Waals surface area (Å²) in [5.74, 6) is -0.849. The predicted molar refractivity (Wildman–Crippen MR) is 358 cm³/mol. The summed E-state index contributed by atoms with van der Waals surface area (Å²) in [4.78, 5) is 38.5. The molecule has 0 amide bonds. The third-order valence-corrected chi connectivity index (χ3v) is 15.9. The molecule has 6 nitrogen and oxygen atoms in total. The van der Waals surface area contributed by atoms with Crippen molar-refractivity contribution in [2.24, 2.45) is 0 Å². The first-order valence-electron chi connectivity index (χ1n) is 35.9. The lowest BCUT2D eigenvalue weighted by molar-refractivity contribution is -0.167. The van der Waals surface area contributed by atoms with Gasteiger partial charge in [-0.2, -0.15) is 0 Å². The van der Waals surface area contributed by atoms with Gasteiger partial charge in [0.15, 0.2) is 6.10 Å². The summed E-state index contributed by atoms with van der Waals surface area (Å²) >= 11 is 0. The average Bonchev–Trinajstić information content (AvgIpc) is 3.47. The van der Waals surface area contributed by atoms with Crippen molar-refractivity contribution in [3.05, 3.63) is 72.9 Å². The Kier molecular flexibility index (Phi) is 67.6. The Morgan fingerprint density at radius 3 is 0.756 bits per heavy atom. The van der Waals surface area contributed by atoms with Crippen molar-refractivity contribution in [3.8, 4) is 0 Å². The van der Waals surface area contributed by atoms with Crippen LogP contribution in [0.4, 0.5) is 0 Å². The highest BCUT2D eigenvalue weighted by Crippen LogP contribution is 2.18. The number of carbonyl (C=O) groups excluding carboxylic acids is 3. The molecule has 6 heteroatoms. The van der Waals surface area contributed by atoms with Crippen molar-refractivity contribution in [2.45, 2.75) is 380 Å². The second-order valence-corrected chi connectivity index (χ2v) is 24.1. The van der Waals surface area contributed by atoms with Crippen LogP contribution in [0.2, 0.25) is 0 Å². The topological polar surface area (TPSA) is 78.9 Å². The first-order valence-corrected chi connectivity index (χ1v) is 35.9. The van der Waals surface area contributed by atoms with Gasteiger partial charge in [0.25, 0.3) is 0 Å². The van der Waals surface area contributed by atoms with Crippen molar-refractivity contribution in [1.29, 1.82) is 0 Å². The van der Waals surface area contributed by atoms with Gasteiger partial charge in [-0.3, -0.25) is 14.4 Å². The van der Waals surface area contributed by atoms with E-state index in [1.807, 2.05) is 0 Å². The highest BCUT2D eigenvalue weighted by Gasteiger charge is 2.19. The van der Waals surface area contributed by atoms with E-state index in [1.165, 1.54) is 244 Å². The molecule has 1 unspecified atom stereocenters. The molecule has 0 rings (SSSR count). The lowest BCUT2D eigenvalue weighted by Gasteiger charge is -2.18. The Labute approximate surface area is 510 Å². The van der Waals surface area contributed by atoms with E-state index in [2.05, 4.69) is 93.7 Å². The fraction of sp³-hybridized carbons (Fsp3) is 0.803. The number of rotatable bonds is 66. The number of hydrogen-bond donors (Lipinski definition) is 0. The number of esters is 3. The van der Waals surface area contributed by atoms with E-state index in [0.29, 0.717) is 19.3 Å². The van der Waals surface area contributed by atoms with Gasteiger partial charge in [-0.1, -0.05) is 338 Å². The van der Waals surface area contributed by atoms with Crippen LogP contribution in [0, 0.1) is 0 Å². The standard InChI is InChI=1S/C76H136O6/c1-4-7-10-13-16-19-22-25-28-31-33-34-35-36-37-38-39-40-41-42-44-45-48-51-54-57-60-63-66-69-75(78)81-72-73(71-80-74(77)68-65-62-59-56-53-50-47-30-27-24-21-18-15-12-9-6-3)82-76(79)70-67-64-61-58-55-52-49-46-43-32-29-26-23-20-17-14-11-8-5-2/h7,10,16,19,25-26,28-29,33-34,36-37,73H,4-6,8-9,11-15,17-18,20-24,27,30-32,35,38-72H2,1-3H3/b10-7-,19-16-,28-25-,29-26-,34-33-,37-36-. The summed E-state index contributed by atoms with van der Waals surface area (Å²) < 4.78 is 17.0. The number of unbranched alkanes of at least 4 members (excludes halogenated alkanes) is 43. The SMILES string of the molecule is CC/C=C\C/C=C\C/C=C\C/C=C\C/C=C\CCCCCCCCCCCCCCCC(=O)OCC(COC(=O)CCCCCCCCCCCCCCCCCC)OC(=O)CCCCCCCCCCC/C=C\CCCCCCCC. The molecule has 82 heavy (non-hydrogen) atoms. The zero-order chi connectivity index (χ0) is 59.2. The zero-order valence-electron chi connectivity index (χ0n) is 54.8. The number of allylic oxidation sites excluding steroid dienone is 12. The zero-order valence-corrected chi connectivity index (χ0v) is 54.8. The molecule has 476 valence electrons. The molecule has 0 saturated heterocycles. The summed E-state index contributed by atoms with van der Waals surface area (Å²) in [6.45, 7) is 6.58. The Hall–Kier alpha value is -3.15. The first kappa shape index (κ1) is 78.8. The van der Waals surface area contributed by atoms with Crippen LogP contribution in [0.25, 0.3) is 0 Å². The van der Waals surface area contributed by atoms with Gasteiger partial charge in [-0.05, 0) is 89.9 Å². The summed E-state index contributed by atoms with van der Waals surface area (Å²) in [5.41, 5.74) is 0. The van der Waals surface area contributed by atoms with Crippen molar-refractivity contribution < 1.29 is 28.6 Å². The van der Waals surface area contributed by atoms with Crippen LogP contribution in [0.3, 0.4) is 0 Å². The molecule has 0 spiro atoms. The molecule has 0 saturated carbocycles. The first-order chi connectivity index (χ1) is 40.5. The molecule has 0 N–H and O–H groups in total. The number of hydrogen-bond acceptors (Lipinski definition) is 6. The third-order valence-electron chi connectivity index (χ3n) is 15.9. The molecule has 0 fully saturated rings. The van der Waals surface area contributed by atoms with Gasteiger partial charge in [0, 0.05) is 19.3 Å². The third kappa shape index (κ3) is 67.6. The number of ether oxygens (including phenoxy) is 3. The Morgan fingerprint density at radius 2 is 0.476 bits per heavy atom. The lowest BCUT2D eigenvalue weighted by Crippen LogP contribution is -2.30. The molecule has 0 aromatic heterocycles. The predicted octanol–water partition coefficient (Wildman–Crippen LogP) is 24.8. The van der Waals surface area contributed by atoms with E-state index >= 15 is 0 Å². The van der Waals surface area contributed by atoms with E-state index in [-0.39, 0.29) is 31.1 Å². The van der Waals surface area contributed by atoms with Gasteiger partial charge in [-0.15, -0.1) is 0 Å². The molecule has 0 aliphatic carbocycles. The van der Waals surface area contributed by atoms with Crippen LogP contribution < -0.4 is 0 Å². The molecule has 0 aliphatic heterocycles. The van der Waals surface area contributed by atoms with Gasteiger partial charge in [0.05, 0.1) is 0 Å². The largest absolute Gasteiger partial charge is 0.462 e. The summed E-state index contributed by atoms with van der Waals surface area (Å²) in [7, 11) is 0. The Bertz CT molecular complexity index is 1500. The minimum absolute atomic E-state index is 0.0708. The molecule has 0 aliphatic rings. The smallest absolute Gasteiger partial charge is 0.306 e. The van der Waals surface area contributed by atoms with Gasteiger partial charge >= 0.3 is 17.9 Å². The van der Waals surface area contributed by atoms with Crippen LogP contribution in [0.1, 0.15) is 374 Å². The Morgan fingerprint density at radius 1 is 0.256 bits per heavy atom. The normalized spacial score (nSPS) is 12.5. The van der Waals surface area contributed by atoms with E-state index in [9.17, 15) is 14.4 Å². The quantitative estimate of drug-likeness (QED) is 0.0261. The van der Waals surface area contributed by atoms with Crippen molar-refractivity contribution in [1.82, 2.24) is 0 Å². The van der Waals surface area contributed by atoms with E-state index in [1.54, 1.807) is 0 Å². The minimum Gasteiger partial charge on any atom is -0.462 e. The van der Waals surface area contributed by atoms with Gasteiger partial charge < -0.3 is 14.2 Å². The van der Waals surface area contributed by atoms with Crippen molar-refractivity contribution in [2.75, 3.05) is 13.2 Å². The van der Waals surface area contributed by atoms with E-state index < -0.39 is 6.10 Å². The minimum atomic E-state index is -0.776. The molecular weight excluding hydrogens is 1010 g/mol. The maximum atomic E-state index is 13.0. The fourth-order valence-electron chi connectivity index (χ4n) is 10.6. The van der Waals surface area contributed by atoms with Crippen molar-refractivity contribution >= 4 is 17.9 Å². The summed E-state index contributed by atoms with van der Waals surface area (Å²) in [6, 6.07) is 0. The van der Waals surface area contributed by atoms with Crippen LogP contribution in [0.15, 0.2) is 72.9 Å². The highest BCUT2D eigenvalue weighted by molar-refractivity contribution is 5.71. The number of carbonyl (C=O) groups is 3. The van der Waals surface area contributed by atoms with Crippen molar-refractivity contribution in [3.63, 3.8) is 0 Å². The molecule has 0 heterocycles. The van der Waals surface area contributed by atoms with Gasteiger partial charge in [-0.25, -0.2) is 0 Å². The second kappa shape index (κ2) is 70.3. The maximum absolute atomic E-state index is 13.0. The van der Waals surface area contributed by atoms with E-state index in [4.69, 9.17) is 14.2 Å². The summed E-state index contributed by atoms with van der Waals surface area (Å²) in [5, 5.41) is 0. The van der Waals surface area contributed by atoms with E-state index in [0.717, 1.165) is 89.9 Å². The molecule has 0 aromatic carbocycles. The van der Waals surface area contributed by atoms with Crippen LogP contribution >= 0.6 is 0 Å². The Balaban J connectivity index is 4.27. The maximum Gasteiger partial charge on any atom is 0.306 e. The highest BCUT2D eigenvalue weighted by atomic mass is 16.6. The molecule has 0 bridgehead atoms. The van der Waals surface area contributed by atoms with Gasteiger partial charge in [0.2, 0.25) is 0 Å². The monoisotopic (exact) mass is 1150 g/mol. The van der Waals surface area contributed by atoms with Crippen LogP contribution in [0.5, 0.6) is 0 Å². The fourth-order valence-corrected chi connectivity index (χ4v) is 10.6.